The van der Waals surface area contributed by atoms with Gasteiger partial charge in [-0.15, -0.1) is 0 Å². The molecule has 4 heterocycles. The molecule has 13 rings (SSSR count). The Morgan fingerprint density at radius 3 is 1.03 bits per heavy atom. The van der Waals surface area contributed by atoms with Gasteiger partial charge in [-0.25, -0.2) is 0 Å². The fraction of sp³-hybridized carbons (Fsp3) is 0. The van der Waals surface area contributed by atoms with Crippen molar-refractivity contribution >= 4 is 21.9 Å². The van der Waals surface area contributed by atoms with Crippen molar-refractivity contribution in [2.45, 2.75) is 0 Å². The smallest absolute Gasteiger partial charge is 0.135 e. The summed E-state index contributed by atoms with van der Waals surface area (Å²) < 4.78 is 6.13. The van der Waals surface area contributed by atoms with Crippen LogP contribution in [-0.2, 0) is 0 Å². The van der Waals surface area contributed by atoms with Gasteiger partial charge in [-0.2, -0.15) is 0 Å². The first-order valence-corrected chi connectivity index (χ1v) is 24.6. The fourth-order valence-electron chi connectivity index (χ4n) is 10.3. The topological polar surface area (TPSA) is 51.8 Å². The molecule has 4 aromatic heterocycles. The molecule has 0 aliphatic carbocycles. The van der Waals surface area contributed by atoms with E-state index in [1.807, 2.05) is 55.0 Å². The number of nitrogens with zero attached hydrogens (tertiary/aromatic N) is 3. The number of furan rings is 1. The molecule has 0 bridgehead atoms. The zero-order valence-electron chi connectivity index (χ0n) is 39.7. The molecule has 9 aromatic carbocycles. The van der Waals surface area contributed by atoms with Crippen molar-refractivity contribution in [3.63, 3.8) is 0 Å². The van der Waals surface area contributed by atoms with Crippen molar-refractivity contribution in [1.29, 1.82) is 0 Å². The van der Waals surface area contributed by atoms with E-state index < -0.39 is 0 Å². The van der Waals surface area contributed by atoms with Crippen LogP contribution in [0.5, 0.6) is 0 Å². The maximum Gasteiger partial charge on any atom is 0.135 e. The molecule has 73 heavy (non-hydrogen) atoms. The third-order valence-electron chi connectivity index (χ3n) is 13.9. The highest BCUT2D eigenvalue weighted by Gasteiger charge is 2.17. The number of aromatic nitrogens is 3. The molecule has 0 N–H and O–H groups in total. The van der Waals surface area contributed by atoms with Gasteiger partial charge in [0, 0.05) is 46.1 Å². The summed E-state index contributed by atoms with van der Waals surface area (Å²) in [7, 11) is 0. The predicted molar refractivity (Wildman–Crippen MR) is 301 cm³/mol. The first-order chi connectivity index (χ1) is 36.2. The summed E-state index contributed by atoms with van der Waals surface area (Å²) in [5.41, 5.74) is 23.8. The molecule has 0 unspecified atom stereocenters. The lowest BCUT2D eigenvalue weighted by molar-refractivity contribution is 0.669. The molecule has 0 radical (unpaired) electrons. The first kappa shape index (κ1) is 43.3. The van der Waals surface area contributed by atoms with Crippen LogP contribution in [0.1, 0.15) is 0 Å². The Kier molecular flexibility index (Phi) is 11.2. The van der Waals surface area contributed by atoms with E-state index in [9.17, 15) is 0 Å². The minimum atomic E-state index is 0.888. The van der Waals surface area contributed by atoms with E-state index in [0.717, 1.165) is 134 Å². The maximum absolute atomic E-state index is 6.13. The Morgan fingerprint density at radius 1 is 0.205 bits per heavy atom. The van der Waals surface area contributed by atoms with Crippen LogP contribution in [0.3, 0.4) is 0 Å². The molecule has 4 heteroatoms. The number of rotatable bonds is 10. The molecule has 342 valence electrons. The minimum absolute atomic E-state index is 0.888. The highest BCUT2D eigenvalue weighted by Crippen LogP contribution is 2.43. The molecule has 0 saturated heterocycles. The van der Waals surface area contributed by atoms with Gasteiger partial charge >= 0.3 is 0 Å². The summed E-state index contributed by atoms with van der Waals surface area (Å²) in [4.78, 5) is 14.1. The van der Waals surface area contributed by atoms with Crippen LogP contribution in [-0.4, -0.2) is 15.0 Å². The summed E-state index contributed by atoms with van der Waals surface area (Å²) in [5.74, 6) is 0. The average Bonchev–Trinajstić information content (AvgIpc) is 3.86. The molecule has 13 aromatic rings. The molecule has 0 atom stereocenters. The van der Waals surface area contributed by atoms with Crippen LogP contribution < -0.4 is 0 Å². The number of benzene rings is 9. The standard InChI is InChI=1S/C69H45N3O/c1-4-16-60(57(13-1)46-23-29-49(30-24-46)65-20-9-11-38-70-65)54-41-55(61-17-5-2-14-58(61)47-25-31-50(32-26-47)66-21-10-12-39-71-66)43-56(42-54)62-18-6-3-15-59(62)48-27-33-51(34-28-48)67-45-53(37-40-72-67)52-35-36-69-64(44-52)63-19-7-8-22-68(63)73-69/h1-45H. The van der Waals surface area contributed by atoms with E-state index in [0.29, 0.717) is 0 Å². The van der Waals surface area contributed by atoms with Crippen molar-refractivity contribution < 1.29 is 4.42 Å². The van der Waals surface area contributed by atoms with Gasteiger partial charge in [0.05, 0.1) is 17.1 Å². The Bertz CT molecular complexity index is 3960. The second-order valence-electron chi connectivity index (χ2n) is 18.3. The lowest BCUT2D eigenvalue weighted by Gasteiger charge is -2.18. The van der Waals surface area contributed by atoms with Gasteiger partial charge in [0.15, 0.2) is 0 Å². The van der Waals surface area contributed by atoms with E-state index in [1.165, 1.54) is 0 Å². The molecule has 0 spiro atoms. The first-order valence-electron chi connectivity index (χ1n) is 24.6. The number of para-hydroxylation sites is 1. The average molecular weight is 932 g/mol. The molecule has 0 saturated carbocycles. The zero-order valence-corrected chi connectivity index (χ0v) is 39.7. The molecule has 0 amide bonds. The largest absolute Gasteiger partial charge is 0.456 e. The quantitative estimate of drug-likeness (QED) is 0.137. The number of hydrogen-bond donors (Lipinski definition) is 0. The Morgan fingerprint density at radius 2 is 0.562 bits per heavy atom. The van der Waals surface area contributed by atoms with Crippen LogP contribution in [0.4, 0.5) is 0 Å². The second kappa shape index (κ2) is 18.9. The third-order valence-corrected chi connectivity index (χ3v) is 13.9. The van der Waals surface area contributed by atoms with E-state index in [2.05, 4.69) is 228 Å². The third kappa shape index (κ3) is 8.47. The van der Waals surface area contributed by atoms with Crippen molar-refractivity contribution in [1.82, 2.24) is 15.0 Å². The Balaban J connectivity index is 0.898. The molecule has 0 aliphatic heterocycles. The molecular weight excluding hydrogens is 887 g/mol. The van der Waals surface area contributed by atoms with Crippen LogP contribution >= 0.6 is 0 Å². The van der Waals surface area contributed by atoms with Crippen LogP contribution in [0, 0.1) is 0 Å². The highest BCUT2D eigenvalue weighted by atomic mass is 16.3. The monoisotopic (exact) mass is 931 g/mol. The summed E-state index contributed by atoms with van der Waals surface area (Å²) in [6.07, 6.45) is 5.59. The lowest BCUT2D eigenvalue weighted by atomic mass is 9.86. The number of pyridine rings is 3. The maximum atomic E-state index is 6.13. The van der Waals surface area contributed by atoms with Gasteiger partial charge in [-0.3, -0.25) is 15.0 Å². The van der Waals surface area contributed by atoms with E-state index >= 15 is 0 Å². The Labute approximate surface area is 424 Å². The minimum Gasteiger partial charge on any atom is -0.456 e. The number of fused-ring (bicyclic) bond motifs is 3. The van der Waals surface area contributed by atoms with E-state index in [4.69, 9.17) is 9.40 Å². The van der Waals surface area contributed by atoms with Gasteiger partial charge in [0.2, 0.25) is 0 Å². The van der Waals surface area contributed by atoms with Crippen LogP contribution in [0.25, 0.3) is 134 Å². The Hall–Kier alpha value is -9.77. The van der Waals surface area contributed by atoms with Crippen molar-refractivity contribution in [2.24, 2.45) is 0 Å². The highest BCUT2D eigenvalue weighted by molar-refractivity contribution is 6.06. The summed E-state index contributed by atoms with van der Waals surface area (Å²) in [6.45, 7) is 0. The summed E-state index contributed by atoms with van der Waals surface area (Å²) in [5, 5.41) is 2.23. The summed E-state index contributed by atoms with van der Waals surface area (Å²) >= 11 is 0. The summed E-state index contributed by atoms with van der Waals surface area (Å²) in [6, 6.07) is 90.7. The molecule has 0 fully saturated rings. The van der Waals surface area contributed by atoms with E-state index in [1.54, 1.807) is 0 Å². The van der Waals surface area contributed by atoms with E-state index in [-0.39, 0.29) is 0 Å². The van der Waals surface area contributed by atoms with Gasteiger partial charge in [0.1, 0.15) is 11.2 Å². The zero-order chi connectivity index (χ0) is 48.5. The molecule has 4 nitrogen and oxygen atoms in total. The van der Waals surface area contributed by atoms with Gasteiger partial charge < -0.3 is 4.42 Å². The van der Waals surface area contributed by atoms with Gasteiger partial charge in [0.25, 0.3) is 0 Å². The predicted octanol–water partition coefficient (Wildman–Crippen LogP) is 18.4. The fourth-order valence-corrected chi connectivity index (χ4v) is 10.3. The van der Waals surface area contributed by atoms with Gasteiger partial charge in [-0.1, -0.05) is 182 Å². The lowest BCUT2D eigenvalue weighted by Crippen LogP contribution is -1.92. The van der Waals surface area contributed by atoms with Crippen LogP contribution in [0.2, 0.25) is 0 Å². The molecule has 0 aliphatic rings. The van der Waals surface area contributed by atoms with Crippen LogP contribution in [0.15, 0.2) is 278 Å². The SMILES string of the molecule is c1ccc(-c2ccc(-c3ccccc3-c3cc(-c4ccccc4-c4ccc(-c5ccccn5)cc4)cc(-c4ccccc4-c4ccc(-c5cc(-c6ccc7oc8ccccc8c7c6)ccn5)cc4)c3)cc2)nc1. The number of hydrogen-bond acceptors (Lipinski definition) is 4. The molecular formula is C69H45N3O. The van der Waals surface area contributed by atoms with Crippen molar-refractivity contribution in [3.8, 4) is 112 Å². The van der Waals surface area contributed by atoms with Crippen molar-refractivity contribution in [2.75, 3.05) is 0 Å². The van der Waals surface area contributed by atoms with Crippen molar-refractivity contribution in [3.05, 3.63) is 273 Å². The van der Waals surface area contributed by atoms with Gasteiger partial charge in [-0.05, 0) is 151 Å². The normalized spacial score (nSPS) is 11.3. The second-order valence-corrected chi connectivity index (χ2v) is 18.3.